The van der Waals surface area contributed by atoms with E-state index in [2.05, 4.69) is 0 Å². The highest BCUT2D eigenvalue weighted by molar-refractivity contribution is 7.93. The number of allylic oxidation sites excluding steroid dienone is 1. The quantitative estimate of drug-likeness (QED) is 0.864. The first-order valence-corrected chi connectivity index (χ1v) is 9.05. The molecule has 0 spiro atoms. The van der Waals surface area contributed by atoms with Crippen molar-refractivity contribution in [3.8, 4) is 5.75 Å². The van der Waals surface area contributed by atoms with Gasteiger partial charge in [-0.15, -0.1) is 0 Å². The van der Waals surface area contributed by atoms with Gasteiger partial charge in [0.25, 0.3) is 10.0 Å². The van der Waals surface area contributed by atoms with Crippen LogP contribution in [0, 0.1) is 5.92 Å². The molecule has 0 N–H and O–H groups in total. The minimum Gasteiger partial charge on any atom is -0.497 e. The van der Waals surface area contributed by atoms with E-state index in [1.165, 1.54) is 4.31 Å². The maximum atomic E-state index is 13.2. The molecule has 2 aromatic rings. The number of ether oxygens (including phenoxy) is 1. The van der Waals surface area contributed by atoms with E-state index in [1.54, 1.807) is 25.3 Å². The van der Waals surface area contributed by atoms with Crippen LogP contribution in [0.2, 0.25) is 0 Å². The van der Waals surface area contributed by atoms with Gasteiger partial charge in [0.05, 0.1) is 17.7 Å². The Morgan fingerprint density at radius 1 is 1.09 bits per heavy atom. The summed E-state index contributed by atoms with van der Waals surface area (Å²) < 4.78 is 33.1. The molecule has 0 bridgehead atoms. The lowest BCUT2D eigenvalue weighted by Gasteiger charge is -2.31. The van der Waals surface area contributed by atoms with Crippen LogP contribution in [0.3, 0.4) is 0 Å². The molecular formula is C18H17NO3S. The molecule has 118 valence electrons. The fourth-order valence-corrected chi connectivity index (χ4v) is 4.72. The molecule has 4 nitrogen and oxygen atoms in total. The van der Waals surface area contributed by atoms with Crippen LogP contribution in [0.1, 0.15) is 18.4 Å². The number of sulfonamides is 1. The summed E-state index contributed by atoms with van der Waals surface area (Å²) in [5.41, 5.74) is 2.25. The molecule has 1 fully saturated rings. The van der Waals surface area contributed by atoms with Crippen LogP contribution in [0.4, 0.5) is 5.69 Å². The van der Waals surface area contributed by atoms with Gasteiger partial charge < -0.3 is 4.74 Å². The number of benzene rings is 2. The molecule has 1 aliphatic heterocycles. The van der Waals surface area contributed by atoms with Crippen molar-refractivity contribution in [2.45, 2.75) is 17.7 Å². The molecule has 4 rings (SSSR count). The van der Waals surface area contributed by atoms with Gasteiger partial charge in [0.15, 0.2) is 0 Å². The number of nitrogens with zero attached hydrogens (tertiary/aromatic N) is 1. The predicted octanol–water partition coefficient (Wildman–Crippen LogP) is 3.66. The zero-order valence-electron chi connectivity index (χ0n) is 12.8. The normalized spacial score (nSPS) is 19.0. The average molecular weight is 327 g/mol. The highest BCUT2D eigenvalue weighted by atomic mass is 32.2. The van der Waals surface area contributed by atoms with Gasteiger partial charge in [0.2, 0.25) is 0 Å². The van der Waals surface area contributed by atoms with E-state index in [0.717, 1.165) is 24.1 Å². The molecule has 2 aromatic carbocycles. The van der Waals surface area contributed by atoms with E-state index in [-0.39, 0.29) is 0 Å². The molecule has 1 saturated carbocycles. The number of hydrogen-bond donors (Lipinski definition) is 0. The van der Waals surface area contributed by atoms with Crippen LogP contribution in [0.15, 0.2) is 59.1 Å². The van der Waals surface area contributed by atoms with E-state index in [9.17, 15) is 8.42 Å². The maximum absolute atomic E-state index is 13.2. The number of anilines is 1. The fraction of sp³-hybridized carbons (Fsp3) is 0.222. The monoisotopic (exact) mass is 327 g/mol. The van der Waals surface area contributed by atoms with Crippen molar-refractivity contribution in [2.24, 2.45) is 5.92 Å². The fourth-order valence-electron chi connectivity index (χ4n) is 2.98. The molecule has 23 heavy (non-hydrogen) atoms. The maximum Gasteiger partial charge on any atom is 0.268 e. The lowest BCUT2D eigenvalue weighted by Crippen LogP contribution is -2.34. The van der Waals surface area contributed by atoms with Crippen LogP contribution in [0.25, 0.3) is 6.08 Å². The van der Waals surface area contributed by atoms with Gasteiger partial charge in [-0.05, 0) is 42.7 Å². The van der Waals surface area contributed by atoms with Crippen molar-refractivity contribution in [3.63, 3.8) is 0 Å². The highest BCUT2D eigenvalue weighted by Crippen LogP contribution is 2.46. The molecule has 1 aliphatic carbocycles. The second kappa shape index (κ2) is 5.13. The number of fused-ring (bicyclic) bond motifs is 1. The van der Waals surface area contributed by atoms with E-state index in [1.807, 2.05) is 36.4 Å². The number of hydrogen-bond acceptors (Lipinski definition) is 3. The van der Waals surface area contributed by atoms with Crippen molar-refractivity contribution in [1.29, 1.82) is 0 Å². The third-order valence-electron chi connectivity index (χ3n) is 4.26. The molecule has 0 unspecified atom stereocenters. The van der Waals surface area contributed by atoms with Crippen LogP contribution >= 0.6 is 0 Å². The SMILES string of the molecule is COc1cccc(N2C(C3CC3)=Cc3ccccc3S2(=O)=O)c1. The first-order chi connectivity index (χ1) is 11.1. The number of rotatable bonds is 3. The van der Waals surface area contributed by atoms with Crippen molar-refractivity contribution < 1.29 is 13.2 Å². The van der Waals surface area contributed by atoms with Crippen LogP contribution in [-0.2, 0) is 10.0 Å². The summed E-state index contributed by atoms with van der Waals surface area (Å²) in [7, 11) is -2.03. The largest absolute Gasteiger partial charge is 0.497 e. The third kappa shape index (κ3) is 2.32. The molecule has 0 saturated heterocycles. The van der Waals surface area contributed by atoms with Crippen molar-refractivity contribution in [3.05, 3.63) is 59.8 Å². The van der Waals surface area contributed by atoms with E-state index < -0.39 is 10.0 Å². The minimum atomic E-state index is -3.61. The van der Waals surface area contributed by atoms with E-state index in [0.29, 0.717) is 22.3 Å². The van der Waals surface area contributed by atoms with Crippen molar-refractivity contribution >= 4 is 21.8 Å². The van der Waals surface area contributed by atoms with Crippen LogP contribution < -0.4 is 9.04 Å². The summed E-state index contributed by atoms with van der Waals surface area (Å²) in [6.45, 7) is 0. The van der Waals surface area contributed by atoms with E-state index in [4.69, 9.17) is 4.74 Å². The predicted molar refractivity (Wildman–Crippen MR) is 89.8 cm³/mol. The van der Waals surface area contributed by atoms with Gasteiger partial charge in [0.1, 0.15) is 5.75 Å². The van der Waals surface area contributed by atoms with Gasteiger partial charge in [-0.25, -0.2) is 12.7 Å². The lowest BCUT2D eigenvalue weighted by molar-refractivity contribution is 0.415. The molecule has 2 aliphatic rings. The Kier molecular flexibility index (Phi) is 3.20. The summed E-state index contributed by atoms with van der Waals surface area (Å²) in [5.74, 6) is 0.955. The molecule has 1 heterocycles. The topological polar surface area (TPSA) is 46.6 Å². The second-order valence-corrected chi connectivity index (χ2v) is 7.61. The molecule has 0 atom stereocenters. The highest BCUT2D eigenvalue weighted by Gasteiger charge is 2.40. The summed E-state index contributed by atoms with van der Waals surface area (Å²) in [6.07, 6.45) is 4.07. The molecule has 5 heteroatoms. The summed E-state index contributed by atoms with van der Waals surface area (Å²) in [6, 6.07) is 14.4. The summed E-state index contributed by atoms with van der Waals surface area (Å²) in [5, 5.41) is 0. The standard InChI is InChI=1S/C18H17NO3S/c1-22-16-7-4-6-15(12-16)19-17(13-9-10-13)11-14-5-2-3-8-18(14)23(19,20)21/h2-8,11-13H,9-10H2,1H3. The average Bonchev–Trinajstić information content (AvgIpc) is 3.39. The van der Waals surface area contributed by atoms with Gasteiger partial charge >= 0.3 is 0 Å². The van der Waals surface area contributed by atoms with Crippen LogP contribution in [-0.4, -0.2) is 15.5 Å². The summed E-state index contributed by atoms with van der Waals surface area (Å²) in [4.78, 5) is 0.354. The van der Waals surface area contributed by atoms with Gasteiger partial charge in [-0.3, -0.25) is 0 Å². The molecule has 0 radical (unpaired) electrons. The van der Waals surface area contributed by atoms with Crippen LogP contribution in [0.5, 0.6) is 5.75 Å². The second-order valence-electron chi connectivity index (χ2n) is 5.85. The van der Waals surface area contributed by atoms with Gasteiger partial charge in [-0.2, -0.15) is 0 Å². The third-order valence-corrected chi connectivity index (χ3v) is 6.09. The number of methoxy groups -OCH3 is 1. The first kappa shape index (κ1) is 14.3. The first-order valence-electron chi connectivity index (χ1n) is 7.61. The van der Waals surface area contributed by atoms with Gasteiger partial charge in [0, 0.05) is 17.7 Å². The molecule has 0 amide bonds. The minimum absolute atomic E-state index is 0.310. The molecular weight excluding hydrogens is 310 g/mol. The Morgan fingerprint density at radius 3 is 2.61 bits per heavy atom. The van der Waals surface area contributed by atoms with Crippen molar-refractivity contribution in [1.82, 2.24) is 0 Å². The smallest absolute Gasteiger partial charge is 0.268 e. The Hall–Kier alpha value is -2.27. The zero-order chi connectivity index (χ0) is 16.0. The molecule has 0 aromatic heterocycles. The van der Waals surface area contributed by atoms with Gasteiger partial charge in [-0.1, -0.05) is 24.3 Å². The Morgan fingerprint density at radius 2 is 1.87 bits per heavy atom. The van der Waals surface area contributed by atoms with Crippen molar-refractivity contribution in [2.75, 3.05) is 11.4 Å². The Labute approximate surface area is 136 Å². The zero-order valence-corrected chi connectivity index (χ0v) is 13.6. The lowest BCUT2D eigenvalue weighted by atomic mass is 10.1. The Bertz CT molecular complexity index is 898. The van der Waals surface area contributed by atoms with E-state index >= 15 is 0 Å². The summed E-state index contributed by atoms with van der Waals surface area (Å²) >= 11 is 0. The Balaban J connectivity index is 1.94.